The number of ether oxygens (including phenoxy) is 1. The third-order valence-corrected chi connectivity index (χ3v) is 3.50. The van der Waals surface area contributed by atoms with Gasteiger partial charge in [-0.15, -0.1) is 0 Å². The summed E-state index contributed by atoms with van der Waals surface area (Å²) in [6.45, 7) is 1.30. The lowest BCUT2D eigenvalue weighted by atomic mass is 10.0. The fourth-order valence-corrected chi connectivity index (χ4v) is 2.17. The van der Waals surface area contributed by atoms with Gasteiger partial charge in [0.25, 0.3) is 0 Å². The van der Waals surface area contributed by atoms with Crippen molar-refractivity contribution in [1.82, 2.24) is 4.90 Å². The highest BCUT2D eigenvalue weighted by Gasteiger charge is 2.42. The molecule has 0 aliphatic heterocycles. The Morgan fingerprint density at radius 3 is 2.40 bits per heavy atom. The first kappa shape index (κ1) is 16.8. The molecule has 0 bridgehead atoms. The first-order chi connectivity index (χ1) is 9.31. The second-order valence-corrected chi connectivity index (χ2v) is 4.82. The highest BCUT2D eigenvalue weighted by molar-refractivity contribution is 5.33. The first-order valence-corrected chi connectivity index (χ1v) is 6.41. The van der Waals surface area contributed by atoms with Crippen LogP contribution in [0.5, 0.6) is 5.75 Å². The van der Waals surface area contributed by atoms with Crippen molar-refractivity contribution in [3.05, 3.63) is 29.8 Å². The number of nitrogens with two attached hydrogens (primary N) is 1. The summed E-state index contributed by atoms with van der Waals surface area (Å²) in [5, 5.41) is 0. The smallest absolute Gasteiger partial charge is 0.405 e. The van der Waals surface area contributed by atoms with Crippen LogP contribution >= 0.6 is 0 Å². The lowest BCUT2D eigenvalue weighted by Crippen LogP contribution is -2.52. The molecule has 0 saturated carbocycles. The minimum absolute atomic E-state index is 0.304. The van der Waals surface area contributed by atoms with Gasteiger partial charge in [-0.2, -0.15) is 13.2 Å². The topological polar surface area (TPSA) is 38.5 Å². The third kappa shape index (κ3) is 4.11. The van der Waals surface area contributed by atoms with Crippen LogP contribution in [0.1, 0.15) is 12.5 Å². The zero-order valence-corrected chi connectivity index (χ0v) is 11.9. The minimum atomic E-state index is -4.32. The summed E-state index contributed by atoms with van der Waals surface area (Å²) in [6, 6.07) is 5.39. The Balaban J connectivity index is 2.82. The molecular formula is C14H21F3N2O. The Morgan fingerprint density at radius 2 is 1.90 bits per heavy atom. The van der Waals surface area contributed by atoms with Gasteiger partial charge in [-0.05, 0) is 32.0 Å². The molecule has 0 saturated heterocycles. The largest absolute Gasteiger partial charge is 0.496 e. The number of likely N-dealkylation sites (N-methyl/N-ethyl adjacent to an activating group) is 1. The summed E-state index contributed by atoms with van der Waals surface area (Å²) in [4.78, 5) is 1.27. The molecule has 6 heteroatoms. The van der Waals surface area contributed by atoms with E-state index < -0.39 is 18.8 Å². The van der Waals surface area contributed by atoms with E-state index in [-0.39, 0.29) is 6.04 Å². The summed E-state index contributed by atoms with van der Waals surface area (Å²) < 4.78 is 43.8. The highest BCUT2D eigenvalue weighted by atomic mass is 19.4. The molecule has 0 amide bonds. The first-order valence-electron chi connectivity index (χ1n) is 6.41. The molecule has 3 nitrogen and oxygen atoms in total. The number of methoxy groups -OCH3 is 1. The number of halogens is 3. The van der Waals surface area contributed by atoms with Crippen molar-refractivity contribution in [2.45, 2.75) is 31.6 Å². The summed E-state index contributed by atoms with van der Waals surface area (Å²) in [6.07, 6.45) is -3.86. The molecule has 1 aromatic rings. The van der Waals surface area contributed by atoms with Crippen LogP contribution in [-0.4, -0.2) is 43.9 Å². The number of hydrogen-bond donors (Lipinski definition) is 1. The molecule has 0 aliphatic rings. The van der Waals surface area contributed by atoms with Crippen LogP contribution in [0.2, 0.25) is 0 Å². The fourth-order valence-electron chi connectivity index (χ4n) is 2.17. The van der Waals surface area contributed by atoms with E-state index in [1.54, 1.807) is 20.1 Å². The van der Waals surface area contributed by atoms with Crippen molar-refractivity contribution in [1.29, 1.82) is 0 Å². The summed E-state index contributed by atoms with van der Waals surface area (Å²) in [5.74, 6) is 0.684. The monoisotopic (exact) mass is 290 g/mol. The fraction of sp³-hybridized carbons (Fsp3) is 0.571. The SMILES string of the molecule is COc1ccccc1CC(C)N(C)C(CN)C(F)(F)F. The summed E-state index contributed by atoms with van der Waals surface area (Å²) >= 11 is 0. The van der Waals surface area contributed by atoms with Crippen molar-refractivity contribution < 1.29 is 17.9 Å². The van der Waals surface area contributed by atoms with E-state index in [0.717, 1.165) is 5.56 Å². The zero-order chi connectivity index (χ0) is 15.3. The Morgan fingerprint density at radius 1 is 1.30 bits per heavy atom. The Bertz CT molecular complexity index is 423. The molecule has 0 fully saturated rings. The van der Waals surface area contributed by atoms with Gasteiger partial charge in [0.1, 0.15) is 11.8 Å². The van der Waals surface area contributed by atoms with E-state index in [1.165, 1.54) is 11.9 Å². The maximum absolute atomic E-state index is 12.9. The molecule has 2 unspecified atom stereocenters. The molecule has 2 N–H and O–H groups in total. The van der Waals surface area contributed by atoms with Gasteiger partial charge in [0.2, 0.25) is 0 Å². The summed E-state index contributed by atoms with van der Waals surface area (Å²) in [5.41, 5.74) is 6.14. The number of nitrogens with zero attached hydrogens (tertiary/aromatic N) is 1. The highest BCUT2D eigenvalue weighted by Crippen LogP contribution is 2.26. The second-order valence-electron chi connectivity index (χ2n) is 4.82. The lowest BCUT2D eigenvalue weighted by molar-refractivity contribution is -0.182. The average molecular weight is 290 g/mol. The quantitative estimate of drug-likeness (QED) is 0.874. The number of benzene rings is 1. The second kappa shape index (κ2) is 6.95. The molecular weight excluding hydrogens is 269 g/mol. The van der Waals surface area contributed by atoms with Crippen molar-refractivity contribution in [2.75, 3.05) is 20.7 Å². The van der Waals surface area contributed by atoms with E-state index >= 15 is 0 Å². The molecule has 0 radical (unpaired) electrons. The van der Waals surface area contributed by atoms with E-state index in [2.05, 4.69) is 0 Å². The number of alkyl halides is 3. The zero-order valence-electron chi connectivity index (χ0n) is 11.9. The van der Waals surface area contributed by atoms with Crippen LogP contribution < -0.4 is 10.5 Å². The van der Waals surface area contributed by atoms with Crippen LogP contribution in [0.3, 0.4) is 0 Å². The number of rotatable bonds is 6. The molecule has 1 aromatic carbocycles. The van der Waals surface area contributed by atoms with E-state index in [1.807, 2.05) is 18.2 Å². The molecule has 0 aromatic heterocycles. The molecule has 0 aliphatic carbocycles. The number of para-hydroxylation sites is 1. The maximum atomic E-state index is 12.9. The maximum Gasteiger partial charge on any atom is 0.405 e. The van der Waals surface area contributed by atoms with Crippen molar-refractivity contribution >= 4 is 0 Å². The van der Waals surface area contributed by atoms with Gasteiger partial charge < -0.3 is 10.5 Å². The Hall–Kier alpha value is -1.27. The van der Waals surface area contributed by atoms with Crippen LogP contribution in [0.25, 0.3) is 0 Å². The predicted octanol–water partition coefficient (Wildman–Crippen LogP) is 2.45. The van der Waals surface area contributed by atoms with Gasteiger partial charge in [0, 0.05) is 12.6 Å². The van der Waals surface area contributed by atoms with Crippen LogP contribution in [0, 0.1) is 0 Å². The molecule has 1 rings (SSSR count). The normalized spacial score (nSPS) is 15.2. The van der Waals surface area contributed by atoms with E-state index in [4.69, 9.17) is 10.5 Å². The predicted molar refractivity (Wildman–Crippen MR) is 72.8 cm³/mol. The van der Waals surface area contributed by atoms with Gasteiger partial charge in [-0.1, -0.05) is 18.2 Å². The van der Waals surface area contributed by atoms with Crippen LogP contribution in [0.4, 0.5) is 13.2 Å². The van der Waals surface area contributed by atoms with Gasteiger partial charge in [-0.3, -0.25) is 4.90 Å². The standard InChI is InChI=1S/C14H21F3N2O/c1-10(19(2)13(9-18)14(15,16)17)8-11-6-4-5-7-12(11)20-3/h4-7,10,13H,8-9,18H2,1-3H3. The van der Waals surface area contributed by atoms with E-state index in [0.29, 0.717) is 12.2 Å². The third-order valence-electron chi connectivity index (χ3n) is 3.50. The van der Waals surface area contributed by atoms with Gasteiger partial charge in [0.15, 0.2) is 0 Å². The Labute approximate surface area is 117 Å². The lowest BCUT2D eigenvalue weighted by Gasteiger charge is -2.33. The Kier molecular flexibility index (Phi) is 5.83. The molecule has 0 spiro atoms. The average Bonchev–Trinajstić information content (AvgIpc) is 2.38. The minimum Gasteiger partial charge on any atom is -0.496 e. The van der Waals surface area contributed by atoms with Gasteiger partial charge in [-0.25, -0.2) is 0 Å². The molecule has 114 valence electrons. The number of hydrogen-bond acceptors (Lipinski definition) is 3. The molecule has 2 atom stereocenters. The molecule has 20 heavy (non-hydrogen) atoms. The van der Waals surface area contributed by atoms with Crippen molar-refractivity contribution in [3.8, 4) is 5.75 Å². The van der Waals surface area contributed by atoms with E-state index in [9.17, 15) is 13.2 Å². The van der Waals surface area contributed by atoms with Crippen LogP contribution in [0.15, 0.2) is 24.3 Å². The van der Waals surface area contributed by atoms with Gasteiger partial charge >= 0.3 is 6.18 Å². The molecule has 0 heterocycles. The van der Waals surface area contributed by atoms with Crippen molar-refractivity contribution in [2.24, 2.45) is 5.73 Å². The van der Waals surface area contributed by atoms with Crippen molar-refractivity contribution in [3.63, 3.8) is 0 Å². The van der Waals surface area contributed by atoms with Gasteiger partial charge in [0.05, 0.1) is 7.11 Å². The van der Waals surface area contributed by atoms with Crippen LogP contribution in [-0.2, 0) is 6.42 Å². The summed E-state index contributed by atoms with van der Waals surface area (Å²) in [7, 11) is 3.00.